The summed E-state index contributed by atoms with van der Waals surface area (Å²) in [5, 5.41) is 19.0. The molecular formula is C22H26FIN6O3S. The van der Waals surface area contributed by atoms with Crippen molar-refractivity contribution < 1.29 is 19.0 Å². The van der Waals surface area contributed by atoms with Crippen LogP contribution in [0.4, 0.5) is 21.7 Å². The van der Waals surface area contributed by atoms with E-state index in [0.717, 1.165) is 16.8 Å². The maximum Gasteiger partial charge on any atom is 0.255 e. The molecule has 1 aliphatic heterocycles. The van der Waals surface area contributed by atoms with Gasteiger partial charge in [0.1, 0.15) is 28.2 Å². The lowest BCUT2D eigenvalue weighted by Gasteiger charge is -2.30. The van der Waals surface area contributed by atoms with E-state index in [2.05, 4.69) is 53.5 Å². The minimum absolute atomic E-state index is 0.0908. The molecule has 1 saturated heterocycles. The van der Waals surface area contributed by atoms with Gasteiger partial charge in [-0.15, -0.1) is 11.3 Å². The SMILES string of the molecule is CC(C)(O)[C@H](F)CNC(=O)c1cnc(Nc2ccc3ncsc3n2)cc1NC1CCOCC1I. The Kier molecular flexibility index (Phi) is 7.80. The number of thiazole rings is 1. The molecule has 3 atom stereocenters. The highest BCUT2D eigenvalue weighted by molar-refractivity contribution is 14.1. The Hall–Kier alpha value is -2.16. The molecule has 9 nitrogen and oxygen atoms in total. The molecule has 4 N–H and O–H groups in total. The number of aromatic nitrogens is 3. The Labute approximate surface area is 214 Å². The number of nitrogens with one attached hydrogen (secondary N) is 3. The Morgan fingerprint density at radius 2 is 2.21 bits per heavy atom. The van der Waals surface area contributed by atoms with Crippen LogP contribution in [0, 0.1) is 0 Å². The van der Waals surface area contributed by atoms with E-state index in [1.165, 1.54) is 31.4 Å². The minimum atomic E-state index is -1.61. The molecule has 3 aromatic heterocycles. The zero-order valence-corrected chi connectivity index (χ0v) is 21.7. The van der Waals surface area contributed by atoms with Crippen molar-refractivity contribution in [3.8, 4) is 0 Å². The third-order valence-electron chi connectivity index (χ3n) is 5.44. The third kappa shape index (κ3) is 6.09. The Morgan fingerprint density at radius 3 is 2.97 bits per heavy atom. The van der Waals surface area contributed by atoms with Crippen LogP contribution < -0.4 is 16.0 Å². The zero-order chi connectivity index (χ0) is 24.3. The van der Waals surface area contributed by atoms with Crippen LogP contribution in [0.2, 0.25) is 0 Å². The topological polar surface area (TPSA) is 121 Å². The van der Waals surface area contributed by atoms with Crippen molar-refractivity contribution in [2.24, 2.45) is 0 Å². The maximum absolute atomic E-state index is 14.2. The molecule has 0 bridgehead atoms. The average Bonchev–Trinajstić information content (AvgIpc) is 3.26. The summed E-state index contributed by atoms with van der Waals surface area (Å²) in [5.41, 5.74) is 1.87. The summed E-state index contributed by atoms with van der Waals surface area (Å²) in [4.78, 5) is 26.9. The van der Waals surface area contributed by atoms with Crippen LogP contribution in [0.25, 0.3) is 10.3 Å². The number of fused-ring (bicyclic) bond motifs is 1. The highest BCUT2D eigenvalue weighted by atomic mass is 127. The van der Waals surface area contributed by atoms with Gasteiger partial charge in [-0.2, -0.15) is 0 Å². The smallest absolute Gasteiger partial charge is 0.255 e. The van der Waals surface area contributed by atoms with Gasteiger partial charge in [-0.1, -0.05) is 22.6 Å². The van der Waals surface area contributed by atoms with Gasteiger partial charge in [-0.25, -0.2) is 19.3 Å². The van der Waals surface area contributed by atoms with Crippen molar-refractivity contribution in [3.05, 3.63) is 35.5 Å². The van der Waals surface area contributed by atoms with E-state index < -0.39 is 17.7 Å². The first-order chi connectivity index (χ1) is 16.2. The van der Waals surface area contributed by atoms with E-state index in [1.807, 2.05) is 12.1 Å². The molecule has 12 heteroatoms. The lowest BCUT2D eigenvalue weighted by atomic mass is 10.0. The number of carbonyl (C=O) groups excluding carboxylic acids is 1. The monoisotopic (exact) mass is 600 g/mol. The first-order valence-corrected chi connectivity index (χ1v) is 12.9. The first-order valence-electron chi connectivity index (χ1n) is 10.8. The normalized spacial score (nSPS) is 19.6. The van der Waals surface area contributed by atoms with Crippen LogP contribution in [0.3, 0.4) is 0 Å². The average molecular weight is 600 g/mol. The molecule has 182 valence electrons. The van der Waals surface area contributed by atoms with Gasteiger partial charge in [-0.05, 0) is 32.4 Å². The highest BCUT2D eigenvalue weighted by Gasteiger charge is 2.28. The van der Waals surface area contributed by atoms with Gasteiger partial charge in [0.25, 0.3) is 5.91 Å². The van der Waals surface area contributed by atoms with E-state index >= 15 is 0 Å². The molecular weight excluding hydrogens is 574 g/mol. The number of carbonyl (C=O) groups is 1. The molecule has 34 heavy (non-hydrogen) atoms. The molecule has 0 spiro atoms. The number of rotatable bonds is 8. The number of nitrogens with zero attached hydrogens (tertiary/aromatic N) is 3. The molecule has 1 aliphatic rings. The number of aliphatic hydroxyl groups is 1. The molecule has 1 amide bonds. The summed E-state index contributed by atoms with van der Waals surface area (Å²) >= 11 is 3.78. The van der Waals surface area contributed by atoms with E-state index in [4.69, 9.17) is 4.74 Å². The second-order valence-electron chi connectivity index (χ2n) is 8.57. The summed E-state index contributed by atoms with van der Waals surface area (Å²) in [6, 6.07) is 5.53. The van der Waals surface area contributed by atoms with Gasteiger partial charge >= 0.3 is 0 Å². The van der Waals surface area contributed by atoms with Crippen LogP contribution in [-0.2, 0) is 4.74 Å². The van der Waals surface area contributed by atoms with E-state index in [0.29, 0.717) is 30.5 Å². The Balaban J connectivity index is 1.57. The number of ether oxygens (including phenoxy) is 1. The van der Waals surface area contributed by atoms with Gasteiger partial charge in [0.15, 0.2) is 0 Å². The number of hydrogen-bond acceptors (Lipinski definition) is 9. The second kappa shape index (κ2) is 10.6. The van der Waals surface area contributed by atoms with Crippen molar-refractivity contribution in [1.82, 2.24) is 20.3 Å². The van der Waals surface area contributed by atoms with Crippen LogP contribution in [-0.4, -0.2) is 67.5 Å². The van der Waals surface area contributed by atoms with Crippen LogP contribution in [0.15, 0.2) is 29.9 Å². The predicted octanol–water partition coefficient (Wildman–Crippen LogP) is 3.67. The molecule has 0 saturated carbocycles. The third-order valence-corrected chi connectivity index (χ3v) is 7.40. The standard InChI is InChI=1S/C22H26FIN6O3S/c1-22(2,32)17(23)9-26-20(31)12-8-25-19(7-16(12)28-14-5-6-33-10-13(14)24)29-18-4-3-15-21(30-18)34-11-27-15/h3-4,7-8,11,13-14,17,32H,5-6,9-10H2,1-2H3,(H,26,31)(H2,25,28,29,30)/t13?,14?,17-/m1/s1. The van der Waals surface area contributed by atoms with E-state index in [1.54, 1.807) is 11.6 Å². The summed E-state index contributed by atoms with van der Waals surface area (Å²) in [6.07, 6.45) is 0.627. The number of anilines is 3. The summed E-state index contributed by atoms with van der Waals surface area (Å²) in [7, 11) is 0. The minimum Gasteiger partial charge on any atom is -0.387 e. The molecule has 4 rings (SSSR count). The highest BCUT2D eigenvalue weighted by Crippen LogP contribution is 2.27. The molecule has 1 fully saturated rings. The van der Waals surface area contributed by atoms with Gasteiger partial charge in [-0.3, -0.25) is 4.79 Å². The van der Waals surface area contributed by atoms with Crippen molar-refractivity contribution in [3.63, 3.8) is 0 Å². The fourth-order valence-corrected chi connectivity index (χ4v) is 4.82. The van der Waals surface area contributed by atoms with E-state index in [-0.39, 0.29) is 22.1 Å². The van der Waals surface area contributed by atoms with Crippen molar-refractivity contribution in [2.45, 2.75) is 42.0 Å². The molecule has 0 aliphatic carbocycles. The van der Waals surface area contributed by atoms with Gasteiger partial charge in [0.2, 0.25) is 0 Å². The maximum atomic E-state index is 14.2. The molecule has 4 heterocycles. The fourth-order valence-electron chi connectivity index (χ4n) is 3.37. The van der Waals surface area contributed by atoms with Crippen LogP contribution >= 0.6 is 33.9 Å². The predicted molar refractivity (Wildman–Crippen MR) is 139 cm³/mol. The van der Waals surface area contributed by atoms with Crippen molar-refractivity contribution in [1.29, 1.82) is 0 Å². The lowest BCUT2D eigenvalue weighted by Crippen LogP contribution is -2.42. The second-order valence-corrected chi connectivity index (χ2v) is 11.0. The van der Waals surface area contributed by atoms with Crippen LogP contribution in [0.1, 0.15) is 30.6 Å². The van der Waals surface area contributed by atoms with Gasteiger partial charge in [0.05, 0.1) is 39.4 Å². The number of alkyl halides is 2. The number of amides is 1. The fraction of sp³-hybridized carbons (Fsp3) is 0.455. The molecule has 0 radical (unpaired) electrons. The number of hydrogen-bond donors (Lipinski definition) is 4. The summed E-state index contributed by atoms with van der Waals surface area (Å²) in [5.74, 6) is 0.637. The molecule has 3 aromatic rings. The van der Waals surface area contributed by atoms with Gasteiger partial charge < -0.3 is 25.8 Å². The quantitative estimate of drug-likeness (QED) is 0.229. The molecule has 0 aromatic carbocycles. The Bertz CT molecular complexity index is 1160. The lowest BCUT2D eigenvalue weighted by molar-refractivity contribution is -0.00177. The number of halogens is 2. The summed E-state index contributed by atoms with van der Waals surface area (Å²) in [6.45, 7) is 3.66. The van der Waals surface area contributed by atoms with E-state index in [9.17, 15) is 14.3 Å². The first kappa shape index (κ1) is 24.9. The van der Waals surface area contributed by atoms with Crippen molar-refractivity contribution >= 4 is 67.5 Å². The van der Waals surface area contributed by atoms with Gasteiger partial charge in [0, 0.05) is 24.9 Å². The zero-order valence-electron chi connectivity index (χ0n) is 18.7. The van der Waals surface area contributed by atoms with Crippen LogP contribution in [0.5, 0.6) is 0 Å². The van der Waals surface area contributed by atoms with Crippen molar-refractivity contribution in [2.75, 3.05) is 30.4 Å². The Morgan fingerprint density at radius 1 is 1.38 bits per heavy atom. The molecule has 2 unspecified atom stereocenters. The number of pyridine rings is 2. The largest absolute Gasteiger partial charge is 0.387 e. The summed E-state index contributed by atoms with van der Waals surface area (Å²) < 4.78 is 19.9.